The molecule has 1 heterocycles. The van der Waals surface area contributed by atoms with Gasteiger partial charge in [-0.25, -0.2) is 4.98 Å². The average Bonchev–Trinajstić information content (AvgIpc) is 2.80. The molecular weight excluding hydrogens is 444 g/mol. The standard InChI is InChI=1S/C22H23N6O6/c1-11-5-6-13(9-12(11)2)24-21(30)19(27-23-3)17(22(31)34-4)18-20(29)26-16-10-14(28(32)33)7-8-15(16)25-18/h5-10,17H,1-4H3,(H4-,23,24,25,26,27,29,30,32,33)/q-1. The Balaban J connectivity index is 2.10. The van der Waals surface area contributed by atoms with Gasteiger partial charge < -0.3 is 36.0 Å². The summed E-state index contributed by atoms with van der Waals surface area (Å²) in [6.45, 7) is 3.82. The zero-order valence-electron chi connectivity index (χ0n) is 18.9. The first kappa shape index (κ1) is 24.0. The van der Waals surface area contributed by atoms with Gasteiger partial charge in [-0.1, -0.05) is 6.07 Å². The zero-order chi connectivity index (χ0) is 25.0. The molecule has 178 valence electrons. The Morgan fingerprint density at radius 2 is 1.91 bits per heavy atom. The van der Waals surface area contributed by atoms with Crippen LogP contribution >= 0.6 is 0 Å². The van der Waals surface area contributed by atoms with E-state index in [4.69, 9.17) is 4.74 Å². The number of nitrogens with one attached hydrogen (secondary N) is 3. The molecule has 3 rings (SSSR count). The molecule has 0 radical (unpaired) electrons. The number of benzene rings is 2. The number of hydrogen-bond acceptors (Lipinski definition) is 9. The third-order valence-electron chi connectivity index (χ3n) is 5.14. The van der Waals surface area contributed by atoms with Crippen molar-refractivity contribution >= 4 is 23.3 Å². The molecule has 1 aromatic rings. The molecule has 0 spiro atoms. The number of aromatic hydroxyl groups is 1. The predicted octanol–water partition coefficient (Wildman–Crippen LogP) is 1.08. The van der Waals surface area contributed by atoms with E-state index < -0.39 is 28.6 Å². The largest absolute Gasteiger partial charge is 0.612 e. The van der Waals surface area contributed by atoms with E-state index in [0.717, 1.165) is 18.2 Å². The Hall–Kier alpha value is -4.61. The number of fused-ring (bicyclic) bond motifs is 1. The highest BCUT2D eigenvalue weighted by atomic mass is 16.8. The topological polar surface area (TPSA) is 178 Å². The van der Waals surface area contributed by atoms with Gasteiger partial charge in [0.2, 0.25) is 11.2 Å². The SMILES string of the molecule is CN/N=C(/C(=O)Nc1ccc(C)c(C)c1)C(C(=O)OC)c1nc2ccc(=[N+]([O-])[O-])cc-2[nH]c1O. The molecule has 12 nitrogen and oxygen atoms in total. The van der Waals surface area contributed by atoms with Crippen molar-refractivity contribution in [2.75, 3.05) is 19.5 Å². The molecule has 0 bridgehead atoms. The van der Waals surface area contributed by atoms with Crippen LogP contribution in [0.3, 0.4) is 0 Å². The highest BCUT2D eigenvalue weighted by Gasteiger charge is 2.37. The van der Waals surface area contributed by atoms with Gasteiger partial charge in [-0.3, -0.25) is 9.59 Å². The van der Waals surface area contributed by atoms with E-state index in [9.17, 15) is 25.1 Å². The summed E-state index contributed by atoms with van der Waals surface area (Å²) in [5, 5.41) is 39.1. The second-order valence-electron chi connectivity index (χ2n) is 7.36. The van der Waals surface area contributed by atoms with Crippen LogP contribution < -0.4 is 21.0 Å². The van der Waals surface area contributed by atoms with Crippen LogP contribution in [0.25, 0.3) is 11.4 Å². The Morgan fingerprint density at radius 3 is 2.53 bits per heavy atom. The van der Waals surface area contributed by atoms with E-state index in [2.05, 4.69) is 25.8 Å². The van der Waals surface area contributed by atoms with Crippen LogP contribution in [-0.2, 0) is 14.3 Å². The molecule has 1 atom stereocenters. The summed E-state index contributed by atoms with van der Waals surface area (Å²) in [6.07, 6.45) is 0. The van der Waals surface area contributed by atoms with Crippen LogP contribution in [-0.4, -0.2) is 46.8 Å². The maximum absolute atomic E-state index is 13.1. The summed E-state index contributed by atoms with van der Waals surface area (Å²) in [5.41, 5.74) is 4.77. The molecule has 0 saturated heterocycles. The fourth-order valence-corrected chi connectivity index (χ4v) is 3.26. The number of rotatable bonds is 6. The minimum absolute atomic E-state index is 0.158. The van der Waals surface area contributed by atoms with E-state index in [1.54, 1.807) is 12.1 Å². The third kappa shape index (κ3) is 4.90. The number of methoxy groups -OCH3 is 1. The van der Waals surface area contributed by atoms with Gasteiger partial charge in [-0.05, 0) is 43.2 Å². The Morgan fingerprint density at radius 1 is 1.18 bits per heavy atom. The quantitative estimate of drug-likeness (QED) is 0.236. The zero-order valence-corrected chi connectivity index (χ0v) is 18.9. The number of H-pyrrole nitrogens is 1. The lowest BCUT2D eigenvalue weighted by Gasteiger charge is -2.19. The molecule has 0 fully saturated rings. The number of esters is 1. The van der Waals surface area contributed by atoms with E-state index in [0.29, 0.717) is 5.69 Å². The van der Waals surface area contributed by atoms with Crippen molar-refractivity contribution < 1.29 is 19.4 Å². The molecule has 0 aromatic heterocycles. The number of hydrogen-bond donors (Lipinski definition) is 4. The van der Waals surface area contributed by atoms with Crippen LogP contribution in [0, 0.1) is 24.3 Å². The number of nitrogens with zero attached hydrogens (tertiary/aromatic N) is 3. The fraction of sp³-hybridized carbons (Fsp3) is 0.227. The lowest BCUT2D eigenvalue weighted by atomic mass is 9.97. The molecule has 1 aliphatic heterocycles. The van der Waals surface area contributed by atoms with Crippen molar-refractivity contribution in [1.82, 2.24) is 20.3 Å². The van der Waals surface area contributed by atoms with Crippen molar-refractivity contribution in [3.8, 4) is 17.3 Å². The van der Waals surface area contributed by atoms with Crippen molar-refractivity contribution in [1.29, 1.82) is 0 Å². The van der Waals surface area contributed by atoms with E-state index in [1.165, 1.54) is 25.2 Å². The first-order chi connectivity index (χ1) is 16.2. The molecule has 0 saturated carbocycles. The molecule has 4 N–H and O–H groups in total. The van der Waals surface area contributed by atoms with Gasteiger partial charge in [-0.15, -0.1) is 0 Å². The van der Waals surface area contributed by atoms with Crippen LogP contribution in [0.4, 0.5) is 5.69 Å². The molecule has 1 aliphatic carbocycles. The summed E-state index contributed by atoms with van der Waals surface area (Å²) in [4.78, 5) is 32.2. The summed E-state index contributed by atoms with van der Waals surface area (Å²) in [5.74, 6) is -3.72. The lowest BCUT2D eigenvalue weighted by molar-refractivity contribution is -0.141. The summed E-state index contributed by atoms with van der Waals surface area (Å²) in [6, 6.07) is 9.08. The molecular formula is C22H23N6O6-. The number of aromatic nitrogens is 2. The van der Waals surface area contributed by atoms with Crippen LogP contribution in [0.2, 0.25) is 0 Å². The van der Waals surface area contributed by atoms with Crippen molar-refractivity contribution in [2.24, 2.45) is 5.10 Å². The first-order valence-corrected chi connectivity index (χ1v) is 10.1. The smallest absolute Gasteiger partial charge is 0.321 e. The molecule has 1 aromatic carbocycles. The molecule has 1 amide bonds. The highest BCUT2D eigenvalue weighted by molar-refractivity contribution is 6.47. The Labute approximate surface area is 194 Å². The maximum atomic E-state index is 13.1. The second-order valence-corrected chi connectivity index (χ2v) is 7.36. The monoisotopic (exact) mass is 467 g/mol. The Bertz CT molecular complexity index is 1310. The first-order valence-electron chi connectivity index (χ1n) is 10.1. The minimum Gasteiger partial charge on any atom is -0.612 e. The van der Waals surface area contributed by atoms with Gasteiger partial charge in [0.1, 0.15) is 11.4 Å². The average molecular weight is 467 g/mol. The number of aryl methyl sites for hydroxylation is 2. The van der Waals surface area contributed by atoms with Gasteiger partial charge in [0.05, 0.1) is 18.5 Å². The number of anilines is 1. The molecule has 2 aliphatic rings. The van der Waals surface area contributed by atoms with Crippen LogP contribution in [0.15, 0.2) is 41.5 Å². The number of aromatic amines is 1. The minimum atomic E-state index is -1.51. The number of hydrazone groups is 1. The van der Waals surface area contributed by atoms with Crippen LogP contribution in [0.1, 0.15) is 22.7 Å². The highest BCUT2D eigenvalue weighted by Crippen LogP contribution is 2.29. The summed E-state index contributed by atoms with van der Waals surface area (Å²) < 4.78 is 4.87. The number of carbonyl (C=O) groups is 2. The summed E-state index contributed by atoms with van der Waals surface area (Å²) in [7, 11) is 2.56. The van der Waals surface area contributed by atoms with E-state index in [-0.39, 0.29) is 28.2 Å². The maximum Gasteiger partial charge on any atom is 0.321 e. The normalized spacial score (nSPS) is 12.2. The van der Waals surface area contributed by atoms with Gasteiger partial charge in [0, 0.05) is 24.9 Å². The lowest BCUT2D eigenvalue weighted by Crippen LogP contribution is -2.35. The molecule has 12 heteroatoms. The second kappa shape index (κ2) is 9.90. The van der Waals surface area contributed by atoms with E-state index >= 15 is 0 Å². The van der Waals surface area contributed by atoms with E-state index in [1.807, 2.05) is 19.9 Å². The van der Waals surface area contributed by atoms with Crippen molar-refractivity contribution in [3.63, 3.8) is 0 Å². The number of amides is 1. The summed E-state index contributed by atoms with van der Waals surface area (Å²) >= 11 is 0. The van der Waals surface area contributed by atoms with Crippen molar-refractivity contribution in [3.05, 3.63) is 69.0 Å². The van der Waals surface area contributed by atoms with Gasteiger partial charge >= 0.3 is 5.97 Å². The number of ether oxygens (including phenoxy) is 1. The predicted molar refractivity (Wildman–Crippen MR) is 125 cm³/mol. The molecule has 34 heavy (non-hydrogen) atoms. The van der Waals surface area contributed by atoms with Gasteiger partial charge in [0.25, 0.3) is 5.91 Å². The van der Waals surface area contributed by atoms with Gasteiger partial charge in [-0.2, -0.15) is 10.0 Å². The van der Waals surface area contributed by atoms with Crippen LogP contribution in [0.5, 0.6) is 5.88 Å². The number of carbonyl (C=O) groups excluding carboxylic acids is 2. The third-order valence-corrected chi connectivity index (χ3v) is 5.14. The van der Waals surface area contributed by atoms with Crippen molar-refractivity contribution in [2.45, 2.75) is 19.8 Å². The fourth-order valence-electron chi connectivity index (χ4n) is 3.26. The Kier molecular flexibility index (Phi) is 7.00. The van der Waals surface area contributed by atoms with Gasteiger partial charge in [0.15, 0.2) is 5.92 Å². The molecule has 1 unspecified atom stereocenters.